The average Bonchev–Trinajstić information content (AvgIpc) is 2.67. The summed E-state index contributed by atoms with van der Waals surface area (Å²) < 4.78 is 34.3. The fourth-order valence-electron chi connectivity index (χ4n) is 4.72. The van der Waals surface area contributed by atoms with E-state index in [4.69, 9.17) is 8.92 Å². The molecule has 22 heavy (non-hydrogen) atoms. The topological polar surface area (TPSA) is 69.7 Å². The van der Waals surface area contributed by atoms with Gasteiger partial charge in [0.05, 0.1) is 18.3 Å². The minimum absolute atomic E-state index is 0.0423. The van der Waals surface area contributed by atoms with E-state index in [2.05, 4.69) is 13.8 Å². The second-order valence-corrected chi connectivity index (χ2v) is 8.95. The molecule has 1 saturated heterocycles. The molecule has 0 radical (unpaired) electrons. The van der Waals surface area contributed by atoms with Crippen LogP contribution in [0.3, 0.4) is 0 Å². The van der Waals surface area contributed by atoms with Crippen molar-refractivity contribution in [3.63, 3.8) is 0 Å². The van der Waals surface area contributed by atoms with Crippen LogP contribution in [0.25, 0.3) is 0 Å². The lowest BCUT2D eigenvalue weighted by Gasteiger charge is -2.52. The monoisotopic (exact) mass is 328 g/mol. The summed E-state index contributed by atoms with van der Waals surface area (Å²) in [5.41, 5.74) is 0.875. The van der Waals surface area contributed by atoms with Gasteiger partial charge in [-0.1, -0.05) is 25.5 Å². The first-order valence-electron chi connectivity index (χ1n) is 7.89. The van der Waals surface area contributed by atoms with E-state index in [1.165, 1.54) is 5.57 Å². The van der Waals surface area contributed by atoms with Gasteiger partial charge in [-0.2, -0.15) is 8.42 Å². The maximum absolute atomic E-state index is 12.0. The zero-order chi connectivity index (χ0) is 16.3. The first-order valence-corrected chi connectivity index (χ1v) is 9.70. The van der Waals surface area contributed by atoms with E-state index in [9.17, 15) is 13.2 Å². The van der Waals surface area contributed by atoms with Gasteiger partial charge in [-0.3, -0.25) is 8.98 Å². The molecule has 6 atom stereocenters. The summed E-state index contributed by atoms with van der Waals surface area (Å²) in [6.07, 6.45) is 4.93. The Bertz CT molecular complexity index is 622. The zero-order valence-corrected chi connectivity index (χ0v) is 14.4. The lowest BCUT2D eigenvalue weighted by Crippen LogP contribution is -2.53. The molecule has 1 saturated carbocycles. The van der Waals surface area contributed by atoms with Crippen LogP contribution in [0.1, 0.15) is 40.0 Å². The first kappa shape index (κ1) is 16.0. The third kappa shape index (κ3) is 2.40. The number of ether oxygens (including phenoxy) is 1. The number of hydrogen-bond acceptors (Lipinski definition) is 5. The molecule has 3 aliphatic rings. The molecule has 1 aliphatic heterocycles. The van der Waals surface area contributed by atoms with Crippen molar-refractivity contribution >= 4 is 16.1 Å². The number of hydrogen-bond donors (Lipinski definition) is 0. The summed E-state index contributed by atoms with van der Waals surface area (Å²) in [6, 6.07) is 0. The second-order valence-electron chi connectivity index (χ2n) is 7.35. The lowest BCUT2D eigenvalue weighted by atomic mass is 9.55. The molecule has 0 amide bonds. The van der Waals surface area contributed by atoms with Crippen molar-refractivity contribution in [2.24, 2.45) is 23.2 Å². The van der Waals surface area contributed by atoms with Crippen LogP contribution in [-0.4, -0.2) is 32.9 Å². The number of carbonyl (C=O) groups excluding carboxylic acids is 1. The Morgan fingerprint density at radius 2 is 2.09 bits per heavy atom. The molecule has 2 aliphatic carbocycles. The van der Waals surface area contributed by atoms with E-state index in [0.29, 0.717) is 6.42 Å². The van der Waals surface area contributed by atoms with Gasteiger partial charge < -0.3 is 4.74 Å². The molecule has 0 spiro atoms. The summed E-state index contributed by atoms with van der Waals surface area (Å²) in [7, 11) is -3.51. The molecular weight excluding hydrogens is 304 g/mol. The van der Waals surface area contributed by atoms with Gasteiger partial charge in [-0.25, -0.2) is 0 Å². The molecule has 0 N–H and O–H groups in total. The molecule has 0 unspecified atom stereocenters. The van der Waals surface area contributed by atoms with E-state index in [0.717, 1.165) is 19.1 Å². The number of carbonyl (C=O) groups is 1. The highest BCUT2D eigenvalue weighted by Gasteiger charge is 2.59. The Kier molecular flexibility index (Phi) is 3.68. The predicted octanol–water partition coefficient (Wildman–Crippen LogP) is 2.28. The molecule has 1 heterocycles. The standard InChI is InChI=1S/C16H24O5S/c1-9-5-6-12(21-22(4,18)19)16(3)8-7-11-10(2)15(17)20-14(11)13(9)16/h5,10-14H,6-8H2,1-4H3/t10-,11-,12+,13+,14-,16-/m0/s1. The fourth-order valence-corrected chi connectivity index (χ4v) is 5.44. The van der Waals surface area contributed by atoms with Crippen LogP contribution in [0, 0.1) is 23.2 Å². The molecule has 0 aromatic heterocycles. The number of esters is 1. The Hall–Kier alpha value is -0.880. The van der Waals surface area contributed by atoms with Crippen molar-refractivity contribution in [1.82, 2.24) is 0 Å². The van der Waals surface area contributed by atoms with Gasteiger partial charge in [0.2, 0.25) is 0 Å². The molecule has 2 fully saturated rings. The van der Waals surface area contributed by atoms with Gasteiger partial charge in [0.25, 0.3) is 10.1 Å². The van der Waals surface area contributed by atoms with Crippen LogP contribution >= 0.6 is 0 Å². The molecule has 0 bridgehead atoms. The zero-order valence-electron chi connectivity index (χ0n) is 13.5. The lowest BCUT2D eigenvalue weighted by molar-refractivity contribution is -0.150. The van der Waals surface area contributed by atoms with E-state index in [1.807, 2.05) is 13.0 Å². The number of rotatable bonds is 2. The van der Waals surface area contributed by atoms with Crippen molar-refractivity contribution in [1.29, 1.82) is 0 Å². The Balaban J connectivity index is 1.97. The third-order valence-electron chi connectivity index (χ3n) is 5.91. The second kappa shape index (κ2) is 5.06. The van der Waals surface area contributed by atoms with Crippen LogP contribution in [0.5, 0.6) is 0 Å². The minimum Gasteiger partial charge on any atom is -0.461 e. The summed E-state index contributed by atoms with van der Waals surface area (Å²) in [5, 5.41) is 0. The molecular formula is C16H24O5S. The van der Waals surface area contributed by atoms with E-state index < -0.39 is 10.1 Å². The highest BCUT2D eigenvalue weighted by molar-refractivity contribution is 7.86. The summed E-state index contributed by atoms with van der Waals surface area (Å²) in [4.78, 5) is 12.0. The van der Waals surface area contributed by atoms with Gasteiger partial charge in [0, 0.05) is 17.3 Å². The Morgan fingerprint density at radius 1 is 1.41 bits per heavy atom. The predicted molar refractivity (Wildman–Crippen MR) is 81.5 cm³/mol. The SMILES string of the molecule is CC1=CC[C@@H](OS(C)(=O)=O)[C@]2(C)CC[C@@H]3[C@H](OC(=O)[C@H]3C)[C@@H]12. The Morgan fingerprint density at radius 3 is 2.73 bits per heavy atom. The molecule has 5 nitrogen and oxygen atoms in total. The number of fused-ring (bicyclic) bond motifs is 3. The van der Waals surface area contributed by atoms with E-state index in [1.54, 1.807) is 0 Å². The molecule has 0 aromatic rings. The Labute approximate surface area is 132 Å². The largest absolute Gasteiger partial charge is 0.461 e. The van der Waals surface area contributed by atoms with E-state index >= 15 is 0 Å². The minimum atomic E-state index is -3.51. The fraction of sp³-hybridized carbons (Fsp3) is 0.812. The van der Waals surface area contributed by atoms with Gasteiger partial charge in [-0.05, 0) is 26.2 Å². The van der Waals surface area contributed by atoms with Crippen molar-refractivity contribution in [2.45, 2.75) is 52.2 Å². The summed E-state index contributed by atoms with van der Waals surface area (Å²) in [5.74, 6) is 0.0725. The first-order chi connectivity index (χ1) is 10.1. The smallest absolute Gasteiger partial charge is 0.309 e. The molecule has 3 rings (SSSR count). The van der Waals surface area contributed by atoms with Crippen LogP contribution in [0.15, 0.2) is 11.6 Å². The van der Waals surface area contributed by atoms with Crippen molar-refractivity contribution < 1.29 is 22.1 Å². The van der Waals surface area contributed by atoms with Gasteiger partial charge in [0.1, 0.15) is 6.10 Å². The maximum atomic E-state index is 12.0. The molecule has 124 valence electrons. The summed E-state index contributed by atoms with van der Waals surface area (Å²) in [6.45, 7) is 6.07. The van der Waals surface area contributed by atoms with Crippen LogP contribution in [0.4, 0.5) is 0 Å². The van der Waals surface area contributed by atoms with Gasteiger partial charge >= 0.3 is 5.97 Å². The van der Waals surface area contributed by atoms with Crippen LogP contribution < -0.4 is 0 Å². The van der Waals surface area contributed by atoms with Crippen molar-refractivity contribution in [2.75, 3.05) is 6.26 Å². The average molecular weight is 328 g/mol. The summed E-state index contributed by atoms with van der Waals surface area (Å²) >= 11 is 0. The molecule has 0 aromatic carbocycles. The quantitative estimate of drug-likeness (QED) is 0.442. The normalized spacial score (nSPS) is 44.8. The van der Waals surface area contributed by atoms with Crippen LogP contribution in [0.2, 0.25) is 0 Å². The van der Waals surface area contributed by atoms with Gasteiger partial charge in [-0.15, -0.1) is 0 Å². The third-order valence-corrected chi connectivity index (χ3v) is 6.50. The van der Waals surface area contributed by atoms with E-state index in [-0.39, 0.29) is 41.3 Å². The highest BCUT2D eigenvalue weighted by atomic mass is 32.2. The highest BCUT2D eigenvalue weighted by Crippen LogP contribution is 2.57. The van der Waals surface area contributed by atoms with Gasteiger partial charge in [0.15, 0.2) is 0 Å². The maximum Gasteiger partial charge on any atom is 0.309 e. The van der Waals surface area contributed by atoms with Crippen molar-refractivity contribution in [3.8, 4) is 0 Å². The van der Waals surface area contributed by atoms with Crippen molar-refractivity contribution in [3.05, 3.63) is 11.6 Å². The molecule has 6 heteroatoms. The van der Waals surface area contributed by atoms with Crippen LogP contribution in [-0.2, 0) is 23.8 Å².